The number of rotatable bonds is 3. The summed E-state index contributed by atoms with van der Waals surface area (Å²) < 4.78 is 6.24. The number of hydrogen-bond acceptors (Lipinski definition) is 4. The van der Waals surface area contributed by atoms with E-state index in [-0.39, 0.29) is 11.4 Å². The van der Waals surface area contributed by atoms with Gasteiger partial charge in [0.25, 0.3) is 5.56 Å². The predicted molar refractivity (Wildman–Crippen MR) is 105 cm³/mol. The average Bonchev–Trinajstić information content (AvgIpc) is 3.06. The number of pyridine rings is 1. The summed E-state index contributed by atoms with van der Waals surface area (Å²) in [7, 11) is 0. The largest absolute Gasteiger partial charge is 0.339 e. The summed E-state index contributed by atoms with van der Waals surface area (Å²) >= 11 is 9.59. The Morgan fingerprint density at radius 1 is 1.19 bits per heavy atom. The van der Waals surface area contributed by atoms with E-state index in [1.54, 1.807) is 6.07 Å². The maximum atomic E-state index is 12.4. The Labute approximate surface area is 162 Å². The number of nitrogens with one attached hydrogen (secondary N) is 1. The molecule has 2 heterocycles. The summed E-state index contributed by atoms with van der Waals surface area (Å²) in [6.45, 7) is 1.95. The second-order valence-electron chi connectivity index (χ2n) is 6.02. The summed E-state index contributed by atoms with van der Waals surface area (Å²) in [5.41, 5.74) is 2.83. The van der Waals surface area contributed by atoms with Gasteiger partial charge in [-0.05, 0) is 48.4 Å². The maximum absolute atomic E-state index is 12.4. The van der Waals surface area contributed by atoms with Crippen molar-refractivity contribution >= 4 is 38.4 Å². The topological polar surface area (TPSA) is 71.8 Å². The van der Waals surface area contributed by atoms with Gasteiger partial charge in [0.05, 0.1) is 12.0 Å². The van der Waals surface area contributed by atoms with Crippen LogP contribution in [0, 0.1) is 6.92 Å². The molecule has 0 aliphatic heterocycles. The highest BCUT2D eigenvalue weighted by Gasteiger charge is 2.14. The second-order valence-corrected chi connectivity index (χ2v) is 7.34. The van der Waals surface area contributed by atoms with Gasteiger partial charge in [0.15, 0.2) is 0 Å². The molecule has 2 aromatic carbocycles. The number of nitrogens with zero attached hydrogens (tertiary/aromatic N) is 2. The number of halogens is 2. The van der Waals surface area contributed by atoms with Crippen molar-refractivity contribution in [1.82, 2.24) is 15.1 Å². The molecule has 4 aromatic rings. The molecule has 0 bridgehead atoms. The van der Waals surface area contributed by atoms with Crippen LogP contribution in [0.1, 0.15) is 17.0 Å². The molecule has 0 fully saturated rings. The molecule has 0 spiro atoms. The molecule has 4 rings (SSSR count). The van der Waals surface area contributed by atoms with Crippen LogP contribution in [0.25, 0.3) is 22.3 Å². The summed E-state index contributed by atoms with van der Waals surface area (Å²) in [6.07, 6.45) is 0.448. The van der Waals surface area contributed by atoms with Crippen molar-refractivity contribution in [3.63, 3.8) is 0 Å². The highest BCUT2D eigenvalue weighted by molar-refractivity contribution is 9.10. The van der Waals surface area contributed by atoms with Gasteiger partial charge in [-0.25, -0.2) is 0 Å². The third-order valence-electron chi connectivity index (χ3n) is 4.11. The highest BCUT2D eigenvalue weighted by Crippen LogP contribution is 2.22. The molecule has 0 aliphatic rings. The van der Waals surface area contributed by atoms with E-state index in [2.05, 4.69) is 31.1 Å². The Balaban J connectivity index is 1.69. The van der Waals surface area contributed by atoms with Gasteiger partial charge in [0, 0.05) is 20.4 Å². The van der Waals surface area contributed by atoms with Crippen LogP contribution in [-0.2, 0) is 6.42 Å². The molecular formula is C19H13BrClN3O2. The fraction of sp³-hybridized carbons (Fsp3) is 0.105. The summed E-state index contributed by atoms with van der Waals surface area (Å²) in [6, 6.07) is 13.2. The molecule has 0 amide bonds. The number of aryl methyl sites for hydroxylation is 1. The van der Waals surface area contributed by atoms with E-state index in [1.165, 1.54) is 0 Å². The zero-order valence-corrected chi connectivity index (χ0v) is 16.1. The zero-order chi connectivity index (χ0) is 18.3. The number of hydrogen-bond donors (Lipinski definition) is 1. The van der Waals surface area contributed by atoms with Crippen molar-refractivity contribution in [3.8, 4) is 11.4 Å². The third-order valence-corrected chi connectivity index (χ3v) is 5.01. The van der Waals surface area contributed by atoms with Gasteiger partial charge in [0.2, 0.25) is 11.7 Å². The molecular weight excluding hydrogens is 418 g/mol. The number of benzene rings is 2. The first kappa shape index (κ1) is 17.0. The number of fused-ring (bicyclic) bond motifs is 1. The average molecular weight is 431 g/mol. The first-order chi connectivity index (χ1) is 12.5. The molecule has 7 heteroatoms. The fourth-order valence-electron chi connectivity index (χ4n) is 2.70. The van der Waals surface area contributed by atoms with Gasteiger partial charge in [-0.2, -0.15) is 4.98 Å². The van der Waals surface area contributed by atoms with Gasteiger partial charge in [-0.15, -0.1) is 0 Å². The molecule has 0 aliphatic carbocycles. The smallest absolute Gasteiger partial charge is 0.259 e. The van der Waals surface area contributed by atoms with E-state index in [0.717, 1.165) is 26.5 Å². The lowest BCUT2D eigenvalue weighted by molar-refractivity contribution is 0.385. The van der Waals surface area contributed by atoms with Crippen molar-refractivity contribution in [3.05, 3.63) is 79.3 Å². The Morgan fingerprint density at radius 3 is 2.85 bits per heavy atom. The molecule has 0 atom stereocenters. The lowest BCUT2D eigenvalue weighted by atomic mass is 10.1. The van der Waals surface area contributed by atoms with Crippen molar-refractivity contribution in [1.29, 1.82) is 0 Å². The summed E-state index contributed by atoms with van der Waals surface area (Å²) in [5.74, 6) is 0.690. The van der Waals surface area contributed by atoms with Crippen molar-refractivity contribution in [2.45, 2.75) is 13.3 Å². The van der Waals surface area contributed by atoms with Gasteiger partial charge in [-0.1, -0.05) is 44.8 Å². The molecule has 0 saturated heterocycles. The van der Waals surface area contributed by atoms with E-state index < -0.39 is 0 Å². The van der Waals surface area contributed by atoms with Crippen molar-refractivity contribution in [2.24, 2.45) is 0 Å². The van der Waals surface area contributed by atoms with Crippen LogP contribution in [0.5, 0.6) is 0 Å². The standard InChI is InChI=1S/C19H13BrClN3O2/c1-10-2-3-11(6-15(10)21)7-17-23-18(24-26-17)14-9-12-8-13(20)4-5-16(12)22-19(14)25/h2-6,8-9H,7H2,1H3,(H,22,25). The Morgan fingerprint density at radius 2 is 2.04 bits per heavy atom. The molecule has 2 aromatic heterocycles. The van der Waals surface area contributed by atoms with Gasteiger partial charge >= 0.3 is 0 Å². The van der Waals surface area contributed by atoms with Crippen LogP contribution in [0.4, 0.5) is 0 Å². The lowest BCUT2D eigenvalue weighted by Gasteiger charge is -2.01. The van der Waals surface area contributed by atoms with Crippen LogP contribution >= 0.6 is 27.5 Å². The van der Waals surface area contributed by atoms with Gasteiger partial charge in [-0.3, -0.25) is 4.79 Å². The SMILES string of the molecule is Cc1ccc(Cc2nc(-c3cc4cc(Br)ccc4[nH]c3=O)no2)cc1Cl. The van der Waals surface area contributed by atoms with Crippen LogP contribution in [-0.4, -0.2) is 15.1 Å². The van der Waals surface area contributed by atoms with Gasteiger partial charge < -0.3 is 9.51 Å². The molecule has 26 heavy (non-hydrogen) atoms. The molecule has 1 N–H and O–H groups in total. The van der Waals surface area contributed by atoms with Crippen molar-refractivity contribution < 1.29 is 4.52 Å². The maximum Gasteiger partial charge on any atom is 0.259 e. The molecule has 0 radical (unpaired) electrons. The third kappa shape index (κ3) is 3.30. The number of H-pyrrole nitrogens is 1. The number of aromatic nitrogens is 3. The molecule has 5 nitrogen and oxygen atoms in total. The van der Waals surface area contributed by atoms with Crippen LogP contribution < -0.4 is 5.56 Å². The van der Waals surface area contributed by atoms with E-state index in [0.29, 0.717) is 22.9 Å². The fourth-order valence-corrected chi connectivity index (χ4v) is 3.28. The van der Waals surface area contributed by atoms with E-state index in [1.807, 2.05) is 43.3 Å². The van der Waals surface area contributed by atoms with Crippen molar-refractivity contribution in [2.75, 3.05) is 0 Å². The minimum Gasteiger partial charge on any atom is -0.339 e. The Kier molecular flexibility index (Phi) is 4.38. The van der Waals surface area contributed by atoms with E-state index >= 15 is 0 Å². The quantitative estimate of drug-likeness (QED) is 0.502. The van der Waals surface area contributed by atoms with Crippen LogP contribution in [0.2, 0.25) is 5.02 Å². The number of aromatic amines is 1. The lowest BCUT2D eigenvalue weighted by Crippen LogP contribution is -2.09. The second kappa shape index (κ2) is 6.70. The Hall–Kier alpha value is -2.44. The molecule has 0 saturated carbocycles. The summed E-state index contributed by atoms with van der Waals surface area (Å²) in [5, 5.41) is 5.54. The zero-order valence-electron chi connectivity index (χ0n) is 13.7. The minimum atomic E-state index is -0.259. The predicted octanol–water partition coefficient (Wildman–Crippen LogP) is 4.89. The Bertz CT molecular complexity index is 1180. The van der Waals surface area contributed by atoms with Crippen LogP contribution in [0.15, 0.2) is 56.3 Å². The monoisotopic (exact) mass is 429 g/mol. The van der Waals surface area contributed by atoms with E-state index in [4.69, 9.17) is 16.1 Å². The highest BCUT2D eigenvalue weighted by atomic mass is 79.9. The van der Waals surface area contributed by atoms with Gasteiger partial charge in [0.1, 0.15) is 0 Å². The minimum absolute atomic E-state index is 0.259. The van der Waals surface area contributed by atoms with Crippen LogP contribution in [0.3, 0.4) is 0 Å². The first-order valence-corrected chi connectivity index (χ1v) is 9.07. The molecule has 0 unspecified atom stereocenters. The molecule has 130 valence electrons. The first-order valence-electron chi connectivity index (χ1n) is 7.90. The normalized spacial score (nSPS) is 11.2. The summed E-state index contributed by atoms with van der Waals surface area (Å²) in [4.78, 5) is 19.6. The van der Waals surface area contributed by atoms with E-state index in [9.17, 15) is 4.79 Å².